The van der Waals surface area contributed by atoms with E-state index in [1.165, 1.54) is 19.2 Å². The number of nitrogens with one attached hydrogen (secondary N) is 1. The van der Waals surface area contributed by atoms with Crippen LogP contribution in [0.25, 0.3) is 0 Å². The summed E-state index contributed by atoms with van der Waals surface area (Å²) in [6, 6.07) is 4.30. The molecule has 0 aromatic heterocycles. The number of benzene rings is 1. The second-order valence-corrected chi connectivity index (χ2v) is 5.36. The lowest BCUT2D eigenvalue weighted by Gasteiger charge is -2.12. The lowest BCUT2D eigenvalue weighted by atomic mass is 10.3. The fourth-order valence-electron chi connectivity index (χ4n) is 1.27. The van der Waals surface area contributed by atoms with Gasteiger partial charge in [-0.05, 0) is 26.0 Å². The standard InChI is InChI=1S/C10H16N2O3S/c1-7(2)12-16(13,14)10-5-4-8(15-3)6-9(10)11/h4-7,12H,11H2,1-3H3. The van der Waals surface area contributed by atoms with Gasteiger partial charge in [0.05, 0.1) is 12.8 Å². The number of sulfonamides is 1. The van der Waals surface area contributed by atoms with Gasteiger partial charge >= 0.3 is 0 Å². The van der Waals surface area contributed by atoms with Crippen LogP contribution in [0.4, 0.5) is 5.69 Å². The molecule has 16 heavy (non-hydrogen) atoms. The van der Waals surface area contributed by atoms with Crippen molar-refractivity contribution in [3.63, 3.8) is 0 Å². The number of hydrogen-bond donors (Lipinski definition) is 2. The Kier molecular flexibility index (Phi) is 3.77. The maximum Gasteiger partial charge on any atom is 0.242 e. The molecule has 6 heteroatoms. The van der Waals surface area contributed by atoms with E-state index in [0.717, 1.165) is 0 Å². The second-order valence-electron chi connectivity index (χ2n) is 3.68. The summed E-state index contributed by atoms with van der Waals surface area (Å²) in [6.07, 6.45) is 0. The van der Waals surface area contributed by atoms with E-state index in [1.807, 2.05) is 0 Å². The first kappa shape index (κ1) is 12.8. The summed E-state index contributed by atoms with van der Waals surface area (Å²) >= 11 is 0. The molecular weight excluding hydrogens is 228 g/mol. The van der Waals surface area contributed by atoms with E-state index in [4.69, 9.17) is 10.5 Å². The van der Waals surface area contributed by atoms with Crippen molar-refractivity contribution in [2.45, 2.75) is 24.8 Å². The van der Waals surface area contributed by atoms with Gasteiger partial charge in [0, 0.05) is 12.1 Å². The van der Waals surface area contributed by atoms with Gasteiger partial charge in [0.15, 0.2) is 0 Å². The molecule has 1 rings (SSSR count). The SMILES string of the molecule is COc1ccc(S(=O)(=O)NC(C)C)c(N)c1. The molecule has 5 nitrogen and oxygen atoms in total. The summed E-state index contributed by atoms with van der Waals surface area (Å²) in [7, 11) is -2.05. The summed E-state index contributed by atoms with van der Waals surface area (Å²) in [6.45, 7) is 3.49. The van der Waals surface area contributed by atoms with Crippen LogP contribution in [0.3, 0.4) is 0 Å². The molecule has 0 heterocycles. The summed E-state index contributed by atoms with van der Waals surface area (Å²) in [5.41, 5.74) is 5.83. The number of nitrogen functional groups attached to an aromatic ring is 1. The Balaban J connectivity index is 3.14. The van der Waals surface area contributed by atoms with Crippen LogP contribution in [-0.2, 0) is 10.0 Å². The molecule has 0 saturated carbocycles. The van der Waals surface area contributed by atoms with Crippen LogP contribution in [-0.4, -0.2) is 21.6 Å². The molecule has 0 fully saturated rings. The van der Waals surface area contributed by atoms with Gasteiger partial charge in [-0.1, -0.05) is 0 Å². The predicted octanol–water partition coefficient (Wildman–Crippen LogP) is 0.964. The predicted molar refractivity (Wildman–Crippen MR) is 62.9 cm³/mol. The molecule has 0 saturated heterocycles. The van der Waals surface area contributed by atoms with Gasteiger partial charge in [-0.2, -0.15) is 0 Å². The zero-order valence-electron chi connectivity index (χ0n) is 9.52. The number of hydrogen-bond acceptors (Lipinski definition) is 4. The highest BCUT2D eigenvalue weighted by Crippen LogP contribution is 2.23. The van der Waals surface area contributed by atoms with Gasteiger partial charge < -0.3 is 10.5 Å². The summed E-state index contributed by atoms with van der Waals surface area (Å²) in [4.78, 5) is 0.0713. The molecule has 90 valence electrons. The van der Waals surface area contributed by atoms with Crippen molar-refractivity contribution in [1.82, 2.24) is 4.72 Å². The molecule has 0 amide bonds. The number of anilines is 1. The topological polar surface area (TPSA) is 81.4 Å². The van der Waals surface area contributed by atoms with E-state index < -0.39 is 10.0 Å². The fraction of sp³-hybridized carbons (Fsp3) is 0.400. The van der Waals surface area contributed by atoms with Gasteiger partial charge in [0.2, 0.25) is 10.0 Å². The third-order valence-electron chi connectivity index (χ3n) is 1.90. The van der Waals surface area contributed by atoms with Gasteiger partial charge in [-0.15, -0.1) is 0 Å². The quantitative estimate of drug-likeness (QED) is 0.773. The van der Waals surface area contributed by atoms with E-state index in [2.05, 4.69) is 4.72 Å². The van der Waals surface area contributed by atoms with Crippen molar-refractivity contribution in [1.29, 1.82) is 0 Å². The molecule has 1 aromatic carbocycles. The molecule has 1 aromatic rings. The number of ether oxygens (including phenoxy) is 1. The first-order valence-corrected chi connectivity index (χ1v) is 6.31. The Morgan fingerprint density at radius 3 is 2.44 bits per heavy atom. The number of methoxy groups -OCH3 is 1. The van der Waals surface area contributed by atoms with Crippen LogP contribution >= 0.6 is 0 Å². The molecule has 0 spiro atoms. The lowest BCUT2D eigenvalue weighted by molar-refractivity contribution is 0.414. The van der Waals surface area contributed by atoms with Gasteiger partial charge in [0.1, 0.15) is 10.6 Å². The van der Waals surface area contributed by atoms with Crippen LogP contribution in [0.5, 0.6) is 5.75 Å². The highest BCUT2D eigenvalue weighted by atomic mass is 32.2. The van der Waals surface area contributed by atoms with Crippen molar-refractivity contribution in [3.05, 3.63) is 18.2 Å². The van der Waals surface area contributed by atoms with E-state index in [1.54, 1.807) is 19.9 Å². The molecule has 0 aliphatic rings. The minimum Gasteiger partial charge on any atom is -0.497 e. The van der Waals surface area contributed by atoms with Crippen LogP contribution in [0.15, 0.2) is 23.1 Å². The highest BCUT2D eigenvalue weighted by Gasteiger charge is 2.18. The maximum atomic E-state index is 11.8. The number of nitrogens with two attached hydrogens (primary N) is 1. The third-order valence-corrected chi connectivity index (χ3v) is 3.63. The zero-order valence-corrected chi connectivity index (χ0v) is 10.3. The van der Waals surface area contributed by atoms with Gasteiger partial charge in [-0.3, -0.25) is 0 Å². The van der Waals surface area contributed by atoms with Crippen LogP contribution in [0.1, 0.15) is 13.8 Å². The van der Waals surface area contributed by atoms with Crippen LogP contribution in [0, 0.1) is 0 Å². The van der Waals surface area contributed by atoms with E-state index in [-0.39, 0.29) is 16.6 Å². The van der Waals surface area contributed by atoms with Crippen LogP contribution < -0.4 is 15.2 Å². The molecule has 0 radical (unpaired) electrons. The molecular formula is C10H16N2O3S. The van der Waals surface area contributed by atoms with Crippen LogP contribution in [0.2, 0.25) is 0 Å². The first-order chi connectivity index (χ1) is 7.36. The Bertz CT molecular complexity index is 469. The third kappa shape index (κ3) is 2.86. The second kappa shape index (κ2) is 4.71. The Labute approximate surface area is 95.7 Å². The van der Waals surface area contributed by atoms with Crippen molar-refractivity contribution in [2.24, 2.45) is 0 Å². The van der Waals surface area contributed by atoms with Crippen molar-refractivity contribution in [3.8, 4) is 5.75 Å². The maximum absolute atomic E-state index is 11.8. The Morgan fingerprint density at radius 2 is 2.00 bits per heavy atom. The molecule has 0 bridgehead atoms. The van der Waals surface area contributed by atoms with E-state index in [9.17, 15) is 8.42 Å². The summed E-state index contributed by atoms with van der Waals surface area (Å²) in [5.74, 6) is 0.529. The smallest absolute Gasteiger partial charge is 0.242 e. The van der Waals surface area contributed by atoms with E-state index in [0.29, 0.717) is 5.75 Å². The van der Waals surface area contributed by atoms with Crippen molar-refractivity contribution < 1.29 is 13.2 Å². The lowest BCUT2D eigenvalue weighted by Crippen LogP contribution is -2.30. The molecule has 0 atom stereocenters. The zero-order chi connectivity index (χ0) is 12.3. The van der Waals surface area contributed by atoms with E-state index >= 15 is 0 Å². The first-order valence-electron chi connectivity index (χ1n) is 4.82. The molecule has 3 N–H and O–H groups in total. The summed E-state index contributed by atoms with van der Waals surface area (Å²) < 4.78 is 31.1. The average molecular weight is 244 g/mol. The number of rotatable bonds is 4. The Hall–Kier alpha value is -1.27. The van der Waals surface area contributed by atoms with Gasteiger partial charge in [0.25, 0.3) is 0 Å². The minimum absolute atomic E-state index is 0.0713. The normalized spacial score (nSPS) is 11.8. The highest BCUT2D eigenvalue weighted by molar-refractivity contribution is 7.89. The molecule has 0 aliphatic heterocycles. The Morgan fingerprint density at radius 1 is 1.38 bits per heavy atom. The largest absolute Gasteiger partial charge is 0.497 e. The minimum atomic E-state index is -3.55. The average Bonchev–Trinajstić information content (AvgIpc) is 2.14. The molecule has 0 aliphatic carbocycles. The summed E-state index contributed by atoms with van der Waals surface area (Å²) in [5, 5.41) is 0. The van der Waals surface area contributed by atoms with Gasteiger partial charge in [-0.25, -0.2) is 13.1 Å². The fourth-order valence-corrected chi connectivity index (χ4v) is 2.64. The monoisotopic (exact) mass is 244 g/mol. The van der Waals surface area contributed by atoms with Crippen molar-refractivity contribution >= 4 is 15.7 Å². The van der Waals surface area contributed by atoms with Crippen molar-refractivity contribution in [2.75, 3.05) is 12.8 Å². The molecule has 0 unspecified atom stereocenters.